The summed E-state index contributed by atoms with van der Waals surface area (Å²) in [6.07, 6.45) is -4.11. The largest absolute Gasteiger partial charge is 0.442 e. The second-order valence-corrected chi connectivity index (χ2v) is 2.77. The predicted octanol–water partition coefficient (Wildman–Crippen LogP) is 1.81. The zero-order valence-corrected chi connectivity index (χ0v) is 6.86. The Hall–Kier alpha value is -0.290. The van der Waals surface area contributed by atoms with Gasteiger partial charge in [-0.05, 0) is 6.42 Å². The summed E-state index contributed by atoms with van der Waals surface area (Å²) in [6, 6.07) is 0. The molecule has 0 saturated heterocycles. The van der Waals surface area contributed by atoms with E-state index in [9.17, 15) is 13.2 Å². The molecule has 0 rings (SSSR count). The van der Waals surface area contributed by atoms with Crippen LogP contribution >= 0.6 is 0 Å². The van der Waals surface area contributed by atoms with Gasteiger partial charge in [0.15, 0.2) is 0 Å². The van der Waals surface area contributed by atoms with Crippen LogP contribution < -0.4 is 0 Å². The fourth-order valence-corrected chi connectivity index (χ4v) is 0.763. The average Bonchev–Trinajstić information content (AvgIpc) is 1.85. The molecule has 0 radical (unpaired) electrons. The van der Waals surface area contributed by atoms with E-state index in [0.717, 1.165) is 6.42 Å². The van der Waals surface area contributed by atoms with Crippen LogP contribution in [0.3, 0.4) is 0 Å². The van der Waals surface area contributed by atoms with E-state index >= 15 is 0 Å². The standard InChI is InChI=1S/C7H13F3O2/c1-2-3-4-5-6(11,12)7(8,9)10/h11-12H,2-5H2,1H3. The van der Waals surface area contributed by atoms with Gasteiger partial charge in [0.1, 0.15) is 0 Å². The summed E-state index contributed by atoms with van der Waals surface area (Å²) in [5.41, 5.74) is 0. The Morgan fingerprint density at radius 1 is 1.08 bits per heavy atom. The maximum Gasteiger partial charge on any atom is 0.442 e. The number of unbranched alkanes of at least 4 members (excludes halogenated alkanes) is 2. The van der Waals surface area contributed by atoms with E-state index in [-0.39, 0.29) is 6.42 Å². The van der Waals surface area contributed by atoms with Gasteiger partial charge in [0.2, 0.25) is 0 Å². The molecular weight excluding hydrogens is 173 g/mol. The zero-order valence-electron chi connectivity index (χ0n) is 6.86. The highest BCUT2D eigenvalue weighted by Crippen LogP contribution is 2.31. The SMILES string of the molecule is CCCCCC(O)(O)C(F)(F)F. The number of aliphatic hydroxyl groups is 2. The molecule has 0 fully saturated rings. The Bertz CT molecular complexity index is 131. The molecule has 0 bridgehead atoms. The number of rotatable bonds is 4. The quantitative estimate of drug-likeness (QED) is 0.519. The molecule has 2 nitrogen and oxygen atoms in total. The predicted molar refractivity (Wildman–Crippen MR) is 37.4 cm³/mol. The van der Waals surface area contributed by atoms with Crippen molar-refractivity contribution < 1.29 is 23.4 Å². The third kappa shape index (κ3) is 3.40. The molecule has 0 aliphatic heterocycles. The van der Waals surface area contributed by atoms with Crippen molar-refractivity contribution in [3.63, 3.8) is 0 Å². The molecular formula is C7H13F3O2. The highest BCUT2D eigenvalue weighted by atomic mass is 19.4. The van der Waals surface area contributed by atoms with Gasteiger partial charge in [-0.15, -0.1) is 0 Å². The first-order valence-corrected chi connectivity index (χ1v) is 3.82. The van der Waals surface area contributed by atoms with Crippen LogP contribution in [0.2, 0.25) is 0 Å². The second kappa shape index (κ2) is 4.09. The Morgan fingerprint density at radius 2 is 1.58 bits per heavy atom. The molecule has 0 aromatic heterocycles. The average molecular weight is 186 g/mol. The van der Waals surface area contributed by atoms with Crippen molar-refractivity contribution in [2.45, 2.75) is 44.6 Å². The second-order valence-electron chi connectivity index (χ2n) is 2.77. The van der Waals surface area contributed by atoms with E-state index < -0.39 is 18.4 Å². The number of hydrogen-bond donors (Lipinski definition) is 2. The summed E-state index contributed by atoms with van der Waals surface area (Å²) >= 11 is 0. The highest BCUT2D eigenvalue weighted by Gasteiger charge is 2.51. The minimum Gasteiger partial charge on any atom is -0.359 e. The van der Waals surface area contributed by atoms with Crippen molar-refractivity contribution in [1.29, 1.82) is 0 Å². The first kappa shape index (κ1) is 11.7. The zero-order chi connectivity index (χ0) is 9.83. The van der Waals surface area contributed by atoms with E-state index in [0.29, 0.717) is 6.42 Å². The van der Waals surface area contributed by atoms with E-state index in [1.54, 1.807) is 0 Å². The number of halogens is 3. The van der Waals surface area contributed by atoms with Crippen molar-refractivity contribution in [1.82, 2.24) is 0 Å². The van der Waals surface area contributed by atoms with Crippen LogP contribution in [0.5, 0.6) is 0 Å². The summed E-state index contributed by atoms with van der Waals surface area (Å²) < 4.78 is 35.3. The summed E-state index contributed by atoms with van der Waals surface area (Å²) in [5.74, 6) is -3.51. The van der Waals surface area contributed by atoms with Gasteiger partial charge in [0.05, 0.1) is 0 Å². The summed E-state index contributed by atoms with van der Waals surface area (Å²) in [4.78, 5) is 0. The molecule has 0 aliphatic rings. The molecule has 0 saturated carbocycles. The first-order valence-electron chi connectivity index (χ1n) is 3.82. The lowest BCUT2D eigenvalue weighted by Crippen LogP contribution is -2.44. The topological polar surface area (TPSA) is 40.5 Å². The fraction of sp³-hybridized carbons (Fsp3) is 1.00. The molecule has 0 aromatic rings. The molecule has 2 N–H and O–H groups in total. The minimum atomic E-state index is -4.94. The van der Waals surface area contributed by atoms with Crippen LogP contribution in [0, 0.1) is 0 Å². The number of alkyl halides is 3. The van der Waals surface area contributed by atoms with Gasteiger partial charge in [0, 0.05) is 6.42 Å². The highest BCUT2D eigenvalue weighted by molar-refractivity contribution is 4.73. The fourth-order valence-electron chi connectivity index (χ4n) is 0.763. The lowest BCUT2D eigenvalue weighted by Gasteiger charge is -2.24. The van der Waals surface area contributed by atoms with Gasteiger partial charge in [-0.1, -0.05) is 19.8 Å². The molecule has 0 amide bonds. The monoisotopic (exact) mass is 186 g/mol. The van der Waals surface area contributed by atoms with E-state index in [2.05, 4.69) is 0 Å². The van der Waals surface area contributed by atoms with Crippen molar-refractivity contribution in [3.8, 4) is 0 Å². The van der Waals surface area contributed by atoms with Crippen molar-refractivity contribution >= 4 is 0 Å². The molecule has 0 aromatic carbocycles. The third-order valence-corrected chi connectivity index (χ3v) is 1.58. The van der Waals surface area contributed by atoms with Gasteiger partial charge < -0.3 is 10.2 Å². The maximum absolute atomic E-state index is 11.8. The van der Waals surface area contributed by atoms with Crippen molar-refractivity contribution in [2.75, 3.05) is 0 Å². The van der Waals surface area contributed by atoms with Gasteiger partial charge in [-0.25, -0.2) is 0 Å². The van der Waals surface area contributed by atoms with Crippen molar-refractivity contribution in [3.05, 3.63) is 0 Å². The van der Waals surface area contributed by atoms with Crippen LogP contribution in [-0.2, 0) is 0 Å². The summed E-state index contributed by atoms with van der Waals surface area (Å²) in [7, 11) is 0. The Morgan fingerprint density at radius 3 is 1.92 bits per heavy atom. The third-order valence-electron chi connectivity index (χ3n) is 1.58. The molecule has 0 unspecified atom stereocenters. The Labute approximate surface area is 69.0 Å². The van der Waals surface area contributed by atoms with Crippen LogP contribution in [-0.4, -0.2) is 22.2 Å². The Kier molecular flexibility index (Phi) is 3.99. The minimum absolute atomic E-state index is 0.170. The molecule has 5 heteroatoms. The summed E-state index contributed by atoms with van der Waals surface area (Å²) in [6.45, 7) is 1.82. The van der Waals surface area contributed by atoms with Crippen LogP contribution in [0.15, 0.2) is 0 Å². The molecule has 0 heterocycles. The normalized spacial score (nSPS) is 13.5. The Balaban J connectivity index is 3.88. The molecule has 12 heavy (non-hydrogen) atoms. The molecule has 0 atom stereocenters. The van der Waals surface area contributed by atoms with Crippen LogP contribution in [0.4, 0.5) is 13.2 Å². The van der Waals surface area contributed by atoms with Gasteiger partial charge in [-0.3, -0.25) is 0 Å². The van der Waals surface area contributed by atoms with Crippen LogP contribution in [0.25, 0.3) is 0 Å². The molecule has 0 aliphatic carbocycles. The summed E-state index contributed by atoms with van der Waals surface area (Å²) in [5, 5.41) is 17.0. The molecule has 74 valence electrons. The van der Waals surface area contributed by atoms with Gasteiger partial charge in [0.25, 0.3) is 5.79 Å². The van der Waals surface area contributed by atoms with E-state index in [1.807, 2.05) is 6.92 Å². The van der Waals surface area contributed by atoms with Crippen LogP contribution in [0.1, 0.15) is 32.6 Å². The van der Waals surface area contributed by atoms with E-state index in [1.165, 1.54) is 0 Å². The van der Waals surface area contributed by atoms with Gasteiger partial charge in [-0.2, -0.15) is 13.2 Å². The number of hydrogen-bond acceptors (Lipinski definition) is 2. The van der Waals surface area contributed by atoms with Crippen molar-refractivity contribution in [2.24, 2.45) is 0 Å². The lowest BCUT2D eigenvalue weighted by molar-refractivity contribution is -0.351. The smallest absolute Gasteiger partial charge is 0.359 e. The van der Waals surface area contributed by atoms with E-state index in [4.69, 9.17) is 10.2 Å². The maximum atomic E-state index is 11.8. The first-order chi connectivity index (χ1) is 5.31. The van der Waals surface area contributed by atoms with Gasteiger partial charge >= 0.3 is 6.18 Å². The molecule has 0 spiro atoms. The lowest BCUT2D eigenvalue weighted by atomic mass is 10.1.